The summed E-state index contributed by atoms with van der Waals surface area (Å²) in [6.07, 6.45) is 0. The molecule has 18 heavy (non-hydrogen) atoms. The Balaban J connectivity index is 0.00000137. The molecule has 0 amide bonds. The first-order valence-corrected chi connectivity index (χ1v) is 5.88. The Hall–Kier alpha value is -1.91. The van der Waals surface area contributed by atoms with Crippen LogP contribution in [0.15, 0.2) is 23.2 Å². The molecule has 0 atom stereocenters. The molecule has 0 aliphatic rings. The summed E-state index contributed by atoms with van der Waals surface area (Å²) in [4.78, 5) is 3.81. The molecule has 0 unspecified atom stereocenters. The van der Waals surface area contributed by atoms with Crippen molar-refractivity contribution in [3.05, 3.63) is 23.8 Å². The minimum Gasteiger partial charge on any atom is -0.493 e. The molecule has 1 rings (SSSR count). The molecular weight excluding hydrogens is 230 g/mol. The lowest BCUT2D eigenvalue weighted by molar-refractivity contribution is 0.354. The van der Waals surface area contributed by atoms with Crippen molar-refractivity contribution < 1.29 is 9.47 Å². The van der Waals surface area contributed by atoms with Crippen LogP contribution >= 0.6 is 0 Å². The van der Waals surface area contributed by atoms with Crippen LogP contribution in [0.2, 0.25) is 0 Å². The maximum Gasteiger partial charge on any atom is 0.188 e. The predicted molar refractivity (Wildman–Crippen MR) is 75.3 cm³/mol. The van der Waals surface area contributed by atoms with Gasteiger partial charge in [-0.3, -0.25) is 4.99 Å². The minimum atomic E-state index is 0.412. The Morgan fingerprint density at radius 1 is 1.22 bits per heavy atom. The number of hydrogen-bond donors (Lipinski definition) is 2. The van der Waals surface area contributed by atoms with E-state index in [0.29, 0.717) is 24.0 Å². The first-order chi connectivity index (χ1) is 8.71. The summed E-state index contributed by atoms with van der Waals surface area (Å²) in [5, 5.41) is 2.97. The van der Waals surface area contributed by atoms with Gasteiger partial charge in [-0.25, -0.2) is 0 Å². The summed E-state index contributed by atoms with van der Waals surface area (Å²) in [5.41, 5.74) is 6.58. The van der Waals surface area contributed by atoms with Crippen molar-refractivity contribution in [3.63, 3.8) is 0 Å². The van der Waals surface area contributed by atoms with Gasteiger partial charge in [0.05, 0.1) is 14.2 Å². The van der Waals surface area contributed by atoms with Gasteiger partial charge < -0.3 is 20.5 Å². The van der Waals surface area contributed by atoms with Gasteiger partial charge in [0, 0.05) is 13.6 Å². The van der Waals surface area contributed by atoms with Crippen molar-refractivity contribution in [1.29, 1.82) is 0 Å². The number of benzene rings is 1. The first-order valence-electron chi connectivity index (χ1n) is 5.88. The van der Waals surface area contributed by atoms with Crippen LogP contribution < -0.4 is 20.5 Å². The zero-order valence-electron chi connectivity index (χ0n) is 11.8. The number of nitrogens with one attached hydrogen (secondary N) is 1. The summed E-state index contributed by atoms with van der Waals surface area (Å²) in [6, 6.07) is 5.70. The highest BCUT2D eigenvalue weighted by Gasteiger charge is 2.04. The van der Waals surface area contributed by atoms with Crippen LogP contribution in [-0.2, 0) is 6.54 Å². The van der Waals surface area contributed by atoms with Crippen LogP contribution in [0.25, 0.3) is 0 Å². The Kier molecular flexibility index (Phi) is 8.18. The fraction of sp³-hybridized carbons (Fsp3) is 0.462. The third-order valence-corrected chi connectivity index (χ3v) is 2.16. The van der Waals surface area contributed by atoms with Crippen molar-refractivity contribution in [2.45, 2.75) is 20.4 Å². The molecule has 0 radical (unpaired) electrons. The van der Waals surface area contributed by atoms with Crippen LogP contribution in [0.5, 0.6) is 11.5 Å². The van der Waals surface area contributed by atoms with Crippen LogP contribution in [0, 0.1) is 0 Å². The Morgan fingerprint density at radius 2 is 1.83 bits per heavy atom. The Labute approximate surface area is 109 Å². The van der Waals surface area contributed by atoms with E-state index in [1.54, 1.807) is 21.3 Å². The second-order valence-electron chi connectivity index (χ2n) is 3.15. The molecule has 0 bridgehead atoms. The fourth-order valence-corrected chi connectivity index (χ4v) is 1.26. The molecule has 102 valence electrons. The number of hydrogen-bond acceptors (Lipinski definition) is 3. The van der Waals surface area contributed by atoms with Gasteiger partial charge in [0.15, 0.2) is 17.5 Å². The van der Waals surface area contributed by atoms with Crippen molar-refractivity contribution in [2.75, 3.05) is 21.3 Å². The molecule has 0 saturated carbocycles. The van der Waals surface area contributed by atoms with Crippen molar-refractivity contribution in [2.24, 2.45) is 10.7 Å². The smallest absolute Gasteiger partial charge is 0.188 e. The van der Waals surface area contributed by atoms with Crippen LogP contribution in [0.4, 0.5) is 0 Å². The molecule has 0 spiro atoms. The number of nitrogens with two attached hydrogens (primary N) is 1. The quantitative estimate of drug-likeness (QED) is 0.634. The van der Waals surface area contributed by atoms with Gasteiger partial charge in [0.2, 0.25) is 0 Å². The van der Waals surface area contributed by atoms with Crippen LogP contribution in [0.1, 0.15) is 19.4 Å². The molecular formula is C13H23N3O2. The lowest BCUT2D eigenvalue weighted by Gasteiger charge is -2.10. The number of aliphatic imine (C=N–C) groups is 1. The van der Waals surface area contributed by atoms with Crippen molar-refractivity contribution in [1.82, 2.24) is 5.32 Å². The molecule has 1 aromatic carbocycles. The SMILES string of the molecule is CC.CN=C(N)NCc1ccc(OC)c(OC)c1. The number of nitrogens with zero attached hydrogens (tertiary/aromatic N) is 1. The second-order valence-corrected chi connectivity index (χ2v) is 3.15. The Morgan fingerprint density at radius 3 is 2.33 bits per heavy atom. The second kappa shape index (κ2) is 9.15. The average molecular weight is 253 g/mol. The maximum absolute atomic E-state index is 5.53. The largest absolute Gasteiger partial charge is 0.493 e. The fourth-order valence-electron chi connectivity index (χ4n) is 1.26. The van der Waals surface area contributed by atoms with Crippen LogP contribution in [0.3, 0.4) is 0 Å². The predicted octanol–water partition coefficient (Wildman–Crippen LogP) is 1.76. The summed E-state index contributed by atoms with van der Waals surface area (Å²) >= 11 is 0. The first kappa shape index (κ1) is 16.1. The average Bonchev–Trinajstić information content (AvgIpc) is 2.46. The van der Waals surface area contributed by atoms with E-state index in [1.807, 2.05) is 32.0 Å². The van der Waals surface area contributed by atoms with E-state index in [1.165, 1.54) is 0 Å². The molecule has 1 aromatic rings. The molecule has 0 aromatic heterocycles. The number of ether oxygens (including phenoxy) is 2. The lowest BCUT2D eigenvalue weighted by atomic mass is 10.2. The molecule has 0 aliphatic carbocycles. The third-order valence-electron chi connectivity index (χ3n) is 2.16. The molecule has 0 fully saturated rings. The maximum atomic E-state index is 5.53. The topological polar surface area (TPSA) is 68.9 Å². The van der Waals surface area contributed by atoms with E-state index in [4.69, 9.17) is 15.2 Å². The lowest BCUT2D eigenvalue weighted by Crippen LogP contribution is -2.30. The normalized spacial score (nSPS) is 10.2. The monoisotopic (exact) mass is 253 g/mol. The highest BCUT2D eigenvalue weighted by atomic mass is 16.5. The summed E-state index contributed by atoms with van der Waals surface area (Å²) < 4.78 is 10.3. The van der Waals surface area contributed by atoms with E-state index >= 15 is 0 Å². The molecule has 3 N–H and O–H groups in total. The zero-order chi connectivity index (χ0) is 14.0. The van der Waals surface area contributed by atoms with Gasteiger partial charge in [-0.05, 0) is 17.7 Å². The van der Waals surface area contributed by atoms with E-state index in [9.17, 15) is 0 Å². The molecule has 0 saturated heterocycles. The van der Waals surface area contributed by atoms with E-state index in [2.05, 4.69) is 10.3 Å². The summed E-state index contributed by atoms with van der Waals surface area (Å²) in [5.74, 6) is 1.83. The van der Waals surface area contributed by atoms with E-state index in [0.717, 1.165) is 5.56 Å². The molecule has 5 nitrogen and oxygen atoms in total. The highest BCUT2D eigenvalue weighted by Crippen LogP contribution is 2.27. The Bertz CT molecular complexity index is 378. The summed E-state index contributed by atoms with van der Waals surface area (Å²) in [6.45, 7) is 4.60. The van der Waals surface area contributed by atoms with Gasteiger partial charge in [0.1, 0.15) is 0 Å². The van der Waals surface area contributed by atoms with Gasteiger partial charge in [-0.15, -0.1) is 0 Å². The highest BCUT2D eigenvalue weighted by molar-refractivity contribution is 5.77. The van der Waals surface area contributed by atoms with Crippen molar-refractivity contribution in [3.8, 4) is 11.5 Å². The molecule has 5 heteroatoms. The number of methoxy groups -OCH3 is 2. The van der Waals surface area contributed by atoms with Gasteiger partial charge >= 0.3 is 0 Å². The minimum absolute atomic E-state index is 0.412. The van der Waals surface area contributed by atoms with Gasteiger partial charge in [-0.2, -0.15) is 0 Å². The van der Waals surface area contributed by atoms with Gasteiger partial charge in [-0.1, -0.05) is 19.9 Å². The number of guanidine groups is 1. The zero-order valence-corrected chi connectivity index (χ0v) is 11.8. The molecule has 0 heterocycles. The summed E-state index contributed by atoms with van der Waals surface area (Å²) in [7, 11) is 4.85. The van der Waals surface area contributed by atoms with E-state index < -0.39 is 0 Å². The van der Waals surface area contributed by atoms with E-state index in [-0.39, 0.29) is 0 Å². The number of rotatable bonds is 4. The standard InChI is InChI=1S/C11H17N3O2.C2H6/c1-13-11(12)14-7-8-4-5-9(15-2)10(6-8)16-3;1-2/h4-6H,7H2,1-3H3,(H3,12,13,14);1-2H3. The van der Waals surface area contributed by atoms with Crippen molar-refractivity contribution >= 4 is 5.96 Å². The van der Waals surface area contributed by atoms with Gasteiger partial charge in [0.25, 0.3) is 0 Å². The molecule has 0 aliphatic heterocycles. The third kappa shape index (κ3) is 4.95. The van der Waals surface area contributed by atoms with Crippen LogP contribution in [-0.4, -0.2) is 27.2 Å².